The summed E-state index contributed by atoms with van der Waals surface area (Å²) in [6.45, 7) is 3.65. The number of carbonyl (C=O) groups is 2. The van der Waals surface area contributed by atoms with Crippen LogP contribution in [-0.4, -0.2) is 50.4 Å². The number of hydrogen-bond acceptors (Lipinski definition) is 5. The van der Waals surface area contributed by atoms with E-state index in [1.54, 1.807) is 31.2 Å². The van der Waals surface area contributed by atoms with Crippen LogP contribution in [0.3, 0.4) is 0 Å². The highest BCUT2D eigenvalue weighted by Gasteiger charge is 2.33. The minimum Gasteiger partial charge on any atom is -0.494 e. The van der Waals surface area contributed by atoms with Crippen LogP contribution in [0.2, 0.25) is 5.02 Å². The summed E-state index contributed by atoms with van der Waals surface area (Å²) in [5, 5.41) is 3.51. The van der Waals surface area contributed by atoms with Crippen LogP contribution in [0.25, 0.3) is 0 Å². The fourth-order valence-electron chi connectivity index (χ4n) is 5.07. The predicted octanol–water partition coefficient (Wildman–Crippen LogP) is 5.80. The van der Waals surface area contributed by atoms with Gasteiger partial charge in [0, 0.05) is 17.6 Å². The Bertz CT molecular complexity index is 1430. The highest BCUT2D eigenvalue weighted by Crippen LogP contribution is 2.27. The van der Waals surface area contributed by atoms with Gasteiger partial charge in [-0.25, -0.2) is 8.42 Å². The average molecular weight is 612 g/mol. The third-order valence-electron chi connectivity index (χ3n) is 7.43. The fourth-order valence-corrected chi connectivity index (χ4v) is 6.61. The summed E-state index contributed by atoms with van der Waals surface area (Å²) in [4.78, 5) is 28.9. The molecule has 0 aliphatic heterocycles. The van der Waals surface area contributed by atoms with Crippen molar-refractivity contribution < 1.29 is 22.7 Å². The number of halogens is 1. The molecule has 1 saturated carbocycles. The van der Waals surface area contributed by atoms with E-state index in [1.165, 1.54) is 29.2 Å². The molecule has 1 aliphatic carbocycles. The second kappa shape index (κ2) is 14.6. The van der Waals surface area contributed by atoms with Crippen LogP contribution in [0.15, 0.2) is 83.8 Å². The Kier molecular flexibility index (Phi) is 10.9. The van der Waals surface area contributed by atoms with E-state index in [9.17, 15) is 18.0 Å². The standard InChI is InChI=1S/C32H38ClN3O5S/c1-3-41-29-18-16-28(17-19-29)36(42(39,40)30-20-14-26(33)15-21-30)23-31(37)35(22-25-10-6-4-7-11-25)24(2)32(38)34-27-12-8-5-9-13-27/h4,6-7,10-11,14-21,24,27H,3,5,8-9,12-13,22-23H2,1-2H3,(H,34,38)/t24-/m0/s1. The normalized spacial score (nSPS) is 14.5. The first kappa shape index (κ1) is 31.4. The monoisotopic (exact) mass is 611 g/mol. The number of nitrogens with one attached hydrogen (secondary N) is 1. The van der Waals surface area contributed by atoms with E-state index in [-0.39, 0.29) is 23.4 Å². The van der Waals surface area contributed by atoms with Crippen molar-refractivity contribution in [1.82, 2.24) is 10.2 Å². The number of sulfonamides is 1. The number of benzene rings is 3. The van der Waals surface area contributed by atoms with Crippen molar-refractivity contribution in [1.29, 1.82) is 0 Å². The van der Waals surface area contributed by atoms with Gasteiger partial charge in [-0.2, -0.15) is 0 Å². The molecule has 3 aromatic carbocycles. The molecule has 224 valence electrons. The molecule has 0 saturated heterocycles. The Morgan fingerprint density at radius 2 is 1.60 bits per heavy atom. The number of ether oxygens (including phenoxy) is 1. The molecule has 1 fully saturated rings. The molecule has 0 bridgehead atoms. The van der Waals surface area contributed by atoms with Gasteiger partial charge in [-0.05, 0) is 80.8 Å². The van der Waals surface area contributed by atoms with Gasteiger partial charge in [0.2, 0.25) is 11.8 Å². The Labute approximate surface area is 253 Å². The van der Waals surface area contributed by atoms with Gasteiger partial charge < -0.3 is 15.0 Å². The van der Waals surface area contributed by atoms with Gasteiger partial charge >= 0.3 is 0 Å². The lowest BCUT2D eigenvalue weighted by Gasteiger charge is -2.33. The fraction of sp³-hybridized carbons (Fsp3) is 0.375. The van der Waals surface area contributed by atoms with Gasteiger partial charge in [0.1, 0.15) is 18.3 Å². The smallest absolute Gasteiger partial charge is 0.264 e. The number of rotatable bonds is 12. The van der Waals surface area contributed by atoms with E-state index >= 15 is 0 Å². The molecule has 10 heteroatoms. The Balaban J connectivity index is 1.66. The van der Waals surface area contributed by atoms with Gasteiger partial charge in [-0.15, -0.1) is 0 Å². The summed E-state index contributed by atoms with van der Waals surface area (Å²) in [5.41, 5.74) is 1.12. The molecule has 0 spiro atoms. The third-order valence-corrected chi connectivity index (χ3v) is 9.47. The summed E-state index contributed by atoms with van der Waals surface area (Å²) in [5.74, 6) is -0.175. The topological polar surface area (TPSA) is 96.0 Å². The molecule has 2 amide bonds. The Morgan fingerprint density at radius 3 is 2.21 bits per heavy atom. The third kappa shape index (κ3) is 8.04. The van der Waals surface area contributed by atoms with Crippen LogP contribution in [-0.2, 0) is 26.2 Å². The maximum absolute atomic E-state index is 14.1. The highest BCUT2D eigenvalue weighted by molar-refractivity contribution is 7.92. The van der Waals surface area contributed by atoms with Gasteiger partial charge in [-0.1, -0.05) is 61.2 Å². The molecule has 0 aromatic heterocycles. The average Bonchev–Trinajstić information content (AvgIpc) is 3.00. The minimum atomic E-state index is -4.18. The van der Waals surface area contributed by atoms with E-state index in [0.29, 0.717) is 23.1 Å². The van der Waals surface area contributed by atoms with Crippen molar-refractivity contribution in [3.8, 4) is 5.75 Å². The summed E-state index contributed by atoms with van der Waals surface area (Å²) in [6, 6.07) is 20.9. The zero-order valence-corrected chi connectivity index (χ0v) is 25.6. The van der Waals surface area contributed by atoms with Crippen LogP contribution < -0.4 is 14.4 Å². The zero-order valence-electron chi connectivity index (χ0n) is 24.0. The first-order valence-electron chi connectivity index (χ1n) is 14.3. The molecular formula is C32H38ClN3O5S. The Hall–Kier alpha value is -3.56. The molecule has 42 heavy (non-hydrogen) atoms. The lowest BCUT2D eigenvalue weighted by atomic mass is 9.95. The molecule has 3 aromatic rings. The van der Waals surface area contributed by atoms with E-state index < -0.39 is 28.5 Å². The van der Waals surface area contributed by atoms with Crippen molar-refractivity contribution in [2.24, 2.45) is 0 Å². The number of anilines is 1. The van der Waals surface area contributed by atoms with E-state index in [2.05, 4.69) is 5.32 Å². The molecule has 1 N–H and O–H groups in total. The predicted molar refractivity (Wildman–Crippen MR) is 165 cm³/mol. The van der Waals surface area contributed by atoms with Crippen LogP contribution in [0.5, 0.6) is 5.75 Å². The van der Waals surface area contributed by atoms with E-state index in [1.807, 2.05) is 37.3 Å². The molecule has 1 atom stereocenters. The molecule has 0 unspecified atom stereocenters. The van der Waals surface area contributed by atoms with Crippen molar-refractivity contribution in [3.05, 3.63) is 89.4 Å². The zero-order chi connectivity index (χ0) is 30.1. The lowest BCUT2D eigenvalue weighted by molar-refractivity contribution is -0.139. The maximum atomic E-state index is 14.1. The van der Waals surface area contributed by atoms with Gasteiger partial charge in [0.15, 0.2) is 0 Å². The number of carbonyl (C=O) groups excluding carboxylic acids is 2. The summed E-state index contributed by atoms with van der Waals surface area (Å²) in [7, 11) is -4.18. The van der Waals surface area contributed by atoms with E-state index in [4.69, 9.17) is 16.3 Å². The minimum absolute atomic E-state index is 0.00807. The molecule has 8 nitrogen and oxygen atoms in total. The van der Waals surface area contributed by atoms with Crippen molar-refractivity contribution >= 4 is 39.1 Å². The molecule has 1 aliphatic rings. The Morgan fingerprint density at radius 1 is 0.952 bits per heavy atom. The van der Waals surface area contributed by atoms with E-state index in [0.717, 1.165) is 42.0 Å². The largest absolute Gasteiger partial charge is 0.494 e. The second-order valence-electron chi connectivity index (χ2n) is 10.4. The van der Waals surface area contributed by atoms with Crippen LogP contribution >= 0.6 is 11.6 Å². The second-order valence-corrected chi connectivity index (χ2v) is 12.7. The number of amides is 2. The van der Waals surface area contributed by atoms with Gasteiger partial charge in [0.05, 0.1) is 17.2 Å². The van der Waals surface area contributed by atoms with Crippen LogP contribution in [0, 0.1) is 0 Å². The SMILES string of the molecule is CCOc1ccc(N(CC(=O)N(Cc2ccccc2)[C@@H](C)C(=O)NC2CCCCC2)S(=O)(=O)c2ccc(Cl)cc2)cc1. The summed E-state index contributed by atoms with van der Waals surface area (Å²) in [6.07, 6.45) is 5.10. The molecule has 0 heterocycles. The van der Waals surface area contributed by atoms with Gasteiger partial charge in [-0.3, -0.25) is 13.9 Å². The van der Waals surface area contributed by atoms with Crippen molar-refractivity contribution in [3.63, 3.8) is 0 Å². The maximum Gasteiger partial charge on any atom is 0.264 e. The lowest BCUT2D eigenvalue weighted by Crippen LogP contribution is -2.53. The van der Waals surface area contributed by atoms with Crippen molar-refractivity contribution in [2.45, 2.75) is 69.5 Å². The van der Waals surface area contributed by atoms with Crippen molar-refractivity contribution in [2.75, 3.05) is 17.5 Å². The highest BCUT2D eigenvalue weighted by atomic mass is 35.5. The van der Waals surface area contributed by atoms with Gasteiger partial charge in [0.25, 0.3) is 10.0 Å². The van der Waals surface area contributed by atoms with Crippen LogP contribution in [0.1, 0.15) is 51.5 Å². The molecule has 0 radical (unpaired) electrons. The summed E-state index contributed by atoms with van der Waals surface area (Å²) >= 11 is 6.02. The molecular weight excluding hydrogens is 574 g/mol. The summed E-state index contributed by atoms with van der Waals surface area (Å²) < 4.78 is 34.5. The number of hydrogen-bond donors (Lipinski definition) is 1. The molecule has 4 rings (SSSR count). The quantitative estimate of drug-likeness (QED) is 0.279. The number of nitrogens with zero attached hydrogens (tertiary/aromatic N) is 2. The first-order chi connectivity index (χ1) is 20.2. The first-order valence-corrected chi connectivity index (χ1v) is 16.2. The van der Waals surface area contributed by atoms with Crippen LogP contribution in [0.4, 0.5) is 5.69 Å².